The van der Waals surface area contributed by atoms with Crippen molar-refractivity contribution in [3.8, 4) is 44.5 Å². The molecule has 2 heterocycles. The highest BCUT2D eigenvalue weighted by Crippen LogP contribution is 2.58. The van der Waals surface area contributed by atoms with Crippen LogP contribution in [0.3, 0.4) is 0 Å². The molecule has 16 aromatic rings. The number of anilines is 4. The predicted molar refractivity (Wildman–Crippen MR) is 460 cm³/mol. The lowest BCUT2D eigenvalue weighted by molar-refractivity contribution is -0.123. The fraction of sp³-hybridized carbons (Fsp3) is 0.168. The first-order valence-electron chi connectivity index (χ1n) is 38.7. The molecule has 0 bridgehead atoms. The van der Waals surface area contributed by atoms with E-state index in [4.69, 9.17) is 0 Å². The van der Waals surface area contributed by atoms with Crippen molar-refractivity contribution in [3.05, 3.63) is 249 Å². The number of benzene rings is 16. The van der Waals surface area contributed by atoms with Gasteiger partial charge in [0.15, 0.2) is 0 Å². The maximum atomic E-state index is 15.3. The van der Waals surface area contributed by atoms with Crippen LogP contribution in [0.15, 0.2) is 182 Å². The van der Waals surface area contributed by atoms with Gasteiger partial charge < -0.3 is 10.6 Å². The summed E-state index contributed by atoms with van der Waals surface area (Å²) in [5.41, 5.74) is 21.4. The molecule has 5 aliphatic rings. The number of hydrogen-bond acceptors (Lipinski definition) is 6. The minimum absolute atomic E-state index is 0.0719. The molecule has 0 fully saturated rings. The smallest absolute Gasteiger partial charge is 0.266 e. The minimum atomic E-state index is -0.619. The van der Waals surface area contributed by atoms with E-state index in [0.717, 1.165) is 120 Å². The Kier molecular flexibility index (Phi) is 13.6. The number of imide groups is 2. The summed E-state index contributed by atoms with van der Waals surface area (Å²) < 4.78 is 0. The van der Waals surface area contributed by atoms with Crippen LogP contribution in [-0.4, -0.2) is 35.4 Å². The lowest BCUT2D eigenvalue weighted by Gasteiger charge is -2.33. The van der Waals surface area contributed by atoms with Crippen LogP contribution in [0, 0.1) is 5.41 Å². The van der Waals surface area contributed by atoms with Gasteiger partial charge in [-0.15, -0.1) is 0 Å². The van der Waals surface area contributed by atoms with Gasteiger partial charge in [0.2, 0.25) is 5.91 Å². The van der Waals surface area contributed by atoms with E-state index in [2.05, 4.69) is 191 Å². The van der Waals surface area contributed by atoms with Crippen LogP contribution in [0.5, 0.6) is 0 Å². The van der Waals surface area contributed by atoms with E-state index in [0.29, 0.717) is 61.3 Å². The largest absolute Gasteiger partial charge is 0.326 e. The van der Waals surface area contributed by atoms with Gasteiger partial charge >= 0.3 is 0 Å². The van der Waals surface area contributed by atoms with E-state index in [9.17, 15) is 9.59 Å². The first kappa shape index (κ1) is 66.3. The van der Waals surface area contributed by atoms with Gasteiger partial charge in [0, 0.05) is 55.4 Å². The molecule has 0 aromatic heterocycles. The molecule has 10 heteroatoms. The standard InChI is InChI=1S/C101H76N4O6/c1-46(2)77-42-59(102-95(106)50(9)10)43-78(47(3)4)93(77)104-96(107)73-30-26-65-61-18-22-69-81-38-55-34-51-14-16-53-36-57-40-83-71-24-20-63-67-28-32-75-92-76(99(110)105(98(75)109)94-79(48(5)6)44-60(45-80(94)49(7)8)103-100(111)101(11,12)13)33-29-68(88(67)92)64-21-25-72(90(71)86(63)64)84(83)41-58(57)37-54(53)17-15-52(51)35-56(55)39-82(81)70-23-19-62(85(61)89(69)70)66-27-31-74(97(104)108)91(73)87(65)66/h14-49H,9H2,1-8,10-13H3,(H,102,106)(H,103,111)/b16-14-,17-15-,51-14?,52-15?,53-16?,54-17?. The molecule has 16 aromatic carbocycles. The third kappa shape index (κ3) is 9.07. The van der Waals surface area contributed by atoms with Gasteiger partial charge in [-0.25, -0.2) is 9.80 Å². The van der Waals surface area contributed by atoms with Crippen LogP contribution in [-0.2, 0) is 9.59 Å². The average Bonchev–Trinajstić information content (AvgIpc) is 1.68. The van der Waals surface area contributed by atoms with Crippen molar-refractivity contribution < 1.29 is 28.8 Å². The molecule has 21 rings (SSSR count). The van der Waals surface area contributed by atoms with Gasteiger partial charge in [-0.1, -0.05) is 180 Å². The van der Waals surface area contributed by atoms with Crippen molar-refractivity contribution in [1.29, 1.82) is 0 Å². The van der Waals surface area contributed by atoms with Crippen LogP contribution >= 0.6 is 0 Å². The summed E-state index contributed by atoms with van der Waals surface area (Å²) in [6, 6.07) is 60.5. The summed E-state index contributed by atoms with van der Waals surface area (Å²) in [5, 5.41) is 27.0. The highest BCUT2D eigenvalue weighted by Gasteiger charge is 2.42. The number of carbonyl (C=O) groups excluding carboxylic acids is 6. The normalized spacial score (nSPS) is 14.7. The van der Waals surface area contributed by atoms with Crippen LogP contribution in [0.4, 0.5) is 22.7 Å². The van der Waals surface area contributed by atoms with Crippen LogP contribution in [0.1, 0.15) is 193 Å². The fourth-order valence-corrected chi connectivity index (χ4v) is 19.4. The maximum Gasteiger partial charge on any atom is 0.266 e. The first-order valence-corrected chi connectivity index (χ1v) is 38.7. The van der Waals surface area contributed by atoms with Gasteiger partial charge in [0.25, 0.3) is 29.5 Å². The summed E-state index contributed by atoms with van der Waals surface area (Å²) in [5.74, 6) is -2.15. The van der Waals surface area contributed by atoms with E-state index >= 15 is 19.2 Å². The van der Waals surface area contributed by atoms with Gasteiger partial charge in [-0.3, -0.25) is 28.8 Å². The summed E-state index contributed by atoms with van der Waals surface area (Å²) in [7, 11) is 0. The van der Waals surface area contributed by atoms with Gasteiger partial charge in [-0.2, -0.15) is 0 Å². The highest BCUT2D eigenvalue weighted by molar-refractivity contribution is 6.46. The number of carbonyl (C=O) groups is 6. The molecule has 536 valence electrons. The van der Waals surface area contributed by atoms with Crippen LogP contribution in [0.2, 0.25) is 0 Å². The van der Waals surface area contributed by atoms with E-state index in [1.54, 1.807) is 6.92 Å². The summed E-state index contributed by atoms with van der Waals surface area (Å²) >= 11 is 0. The van der Waals surface area contributed by atoms with Gasteiger partial charge in [0.05, 0.1) is 11.4 Å². The van der Waals surface area contributed by atoms with Crippen molar-refractivity contribution >= 4 is 190 Å². The molecular weight excluding hydrogens is 1370 g/mol. The lowest BCUT2D eigenvalue weighted by Crippen LogP contribution is -2.42. The second kappa shape index (κ2) is 22.8. The summed E-state index contributed by atoms with van der Waals surface area (Å²) in [6.07, 6.45) is 9.06. The van der Waals surface area contributed by atoms with E-state index in [1.165, 1.54) is 75.9 Å². The topological polar surface area (TPSA) is 133 Å². The molecule has 3 aliphatic carbocycles. The second-order valence-corrected chi connectivity index (χ2v) is 33.9. The zero-order chi connectivity index (χ0) is 76.5. The molecule has 0 radical (unpaired) electrons. The van der Waals surface area contributed by atoms with E-state index < -0.39 is 5.41 Å². The number of hydrogen-bond donors (Lipinski definition) is 2. The number of nitrogens with zero attached hydrogens (tertiary/aromatic N) is 2. The average molecular weight is 1440 g/mol. The Morgan fingerprint density at radius 1 is 0.315 bits per heavy atom. The number of fused-ring (bicyclic) bond motifs is 14. The van der Waals surface area contributed by atoms with Crippen molar-refractivity contribution in [2.24, 2.45) is 5.41 Å². The molecule has 0 spiro atoms. The SMILES string of the molecule is C=C(C)C(=O)Nc1cc(C(C)C)c(N2C(=O)c3ccc4c5ccc6c7c(ccc(c8ccc(c3c48)C2=O)c75)-c2cc3cc4c(cc3cc2-6)/C=C\c2cc3cc5c(cc3cc2/C=C\4)-c2ccc3c4ccc6c7c(ccc(c8ccc-5c2c83)c74)C(=O)N(c2c(C(C)C)cc(NC(=O)C(C)(C)C)cc2C(C)C)C6=O)c(C(C)C)c1. The third-order valence-corrected chi connectivity index (χ3v) is 24.8. The van der Waals surface area contributed by atoms with E-state index in [-0.39, 0.29) is 59.1 Å². The Hall–Kier alpha value is -12.9. The van der Waals surface area contributed by atoms with Gasteiger partial charge in [0.1, 0.15) is 0 Å². The molecule has 2 aliphatic heterocycles. The quantitative estimate of drug-likeness (QED) is 0.0640. The molecule has 0 unspecified atom stereocenters. The zero-order valence-corrected chi connectivity index (χ0v) is 63.8. The summed E-state index contributed by atoms with van der Waals surface area (Å²) in [4.78, 5) is 90.2. The van der Waals surface area contributed by atoms with Crippen LogP contribution in [0.25, 0.3) is 177 Å². The Bertz CT molecular complexity index is 6900. The Balaban J connectivity index is 0.611. The predicted octanol–water partition coefficient (Wildman–Crippen LogP) is 25.6. The molecule has 0 saturated heterocycles. The Labute approximate surface area is 641 Å². The summed E-state index contributed by atoms with van der Waals surface area (Å²) in [6.45, 7) is 27.6. The number of rotatable bonds is 9. The molecule has 2 N–H and O–H groups in total. The monoisotopic (exact) mass is 1440 g/mol. The maximum absolute atomic E-state index is 15.3. The highest BCUT2D eigenvalue weighted by atomic mass is 16.2. The van der Waals surface area contributed by atoms with Crippen molar-refractivity contribution in [1.82, 2.24) is 0 Å². The van der Waals surface area contributed by atoms with E-state index in [1.807, 2.05) is 97.0 Å². The molecule has 111 heavy (non-hydrogen) atoms. The lowest BCUT2D eigenvalue weighted by atomic mass is 9.83. The molecular formula is C101H76N4O6. The molecule has 0 saturated carbocycles. The minimum Gasteiger partial charge on any atom is -0.326 e. The Morgan fingerprint density at radius 3 is 0.784 bits per heavy atom. The van der Waals surface area contributed by atoms with Crippen molar-refractivity contribution in [3.63, 3.8) is 0 Å². The third-order valence-electron chi connectivity index (χ3n) is 24.8. The second-order valence-electron chi connectivity index (χ2n) is 33.9. The van der Waals surface area contributed by atoms with Gasteiger partial charge in [-0.05, 0) is 314 Å². The Morgan fingerprint density at radius 2 is 0.550 bits per heavy atom. The van der Waals surface area contributed by atoms with Crippen molar-refractivity contribution in [2.75, 3.05) is 20.4 Å². The molecule has 0 atom stereocenters. The molecule has 6 amide bonds. The van der Waals surface area contributed by atoms with Crippen LogP contribution < -0.4 is 20.4 Å². The van der Waals surface area contributed by atoms with Crippen molar-refractivity contribution in [2.45, 2.75) is 107 Å². The molecule has 10 nitrogen and oxygen atoms in total. The zero-order valence-electron chi connectivity index (χ0n) is 63.8. The fourth-order valence-electron chi connectivity index (χ4n) is 19.4. The number of amides is 6. The number of nitrogens with one attached hydrogen (secondary N) is 2. The first-order chi connectivity index (χ1) is 53.3.